The zero-order valence-corrected chi connectivity index (χ0v) is 41.1. The second kappa shape index (κ2) is 27.7. The average molecular weight is 936 g/mol. The minimum Gasteiger partial charge on any atom is -0.464 e. The van der Waals surface area contributed by atoms with Crippen molar-refractivity contribution in [2.75, 3.05) is 50.0 Å². The molecule has 11 nitrogen and oxygen atoms in total. The van der Waals surface area contributed by atoms with Gasteiger partial charge in [-0.3, -0.25) is 0 Å². The third-order valence-corrected chi connectivity index (χ3v) is 12.3. The van der Waals surface area contributed by atoms with Crippen LogP contribution in [0.2, 0.25) is 0 Å². The van der Waals surface area contributed by atoms with Crippen LogP contribution in [0.5, 0.6) is 0 Å². The number of hydrogen-bond donors (Lipinski definition) is 4. The molecule has 0 atom stereocenters. The van der Waals surface area contributed by atoms with E-state index in [4.69, 9.17) is 17.9 Å². The van der Waals surface area contributed by atoms with E-state index in [1.165, 1.54) is 11.1 Å². The fourth-order valence-electron chi connectivity index (χ4n) is 8.19. The fraction of sp³-hybridized carbons (Fsp3) is 0.393. The first-order valence-corrected chi connectivity index (χ1v) is 25.3. The topological polar surface area (TPSA) is 158 Å². The van der Waals surface area contributed by atoms with E-state index in [0.29, 0.717) is 64.1 Å². The Labute approximate surface area is 404 Å². The molecule has 0 saturated carbocycles. The maximum Gasteiger partial charge on any atom is 0.697 e. The Morgan fingerprint density at radius 1 is 0.559 bits per heavy atom. The predicted molar refractivity (Wildman–Crippen MR) is 273 cm³/mol. The van der Waals surface area contributed by atoms with Gasteiger partial charge in [-0.25, -0.2) is 0 Å². The lowest BCUT2D eigenvalue weighted by Crippen LogP contribution is -2.16. The molecule has 68 heavy (non-hydrogen) atoms. The maximum atomic E-state index is 12.4. The number of benzene rings is 4. The average Bonchev–Trinajstić information content (AvgIpc) is 4.09. The Balaban J connectivity index is 0.839. The van der Waals surface area contributed by atoms with Crippen LogP contribution in [-0.4, -0.2) is 39.4 Å². The van der Waals surface area contributed by atoms with Gasteiger partial charge in [-0.2, -0.15) is 10.5 Å². The Morgan fingerprint density at radius 2 is 1.00 bits per heavy atom. The molecule has 0 fully saturated rings. The number of anilines is 2. The lowest BCUT2D eigenvalue weighted by atomic mass is 9.95. The summed E-state index contributed by atoms with van der Waals surface area (Å²) in [7, 11) is -2.19. The summed E-state index contributed by atoms with van der Waals surface area (Å²) < 4.78 is 34.9. The summed E-state index contributed by atoms with van der Waals surface area (Å²) in [6.07, 6.45) is 10.2. The van der Waals surface area contributed by atoms with Crippen molar-refractivity contribution in [3.05, 3.63) is 154 Å². The first-order valence-electron chi connectivity index (χ1n) is 24.2. The summed E-state index contributed by atoms with van der Waals surface area (Å²) >= 11 is 0. The van der Waals surface area contributed by atoms with E-state index in [9.17, 15) is 15.1 Å². The summed E-state index contributed by atoms with van der Waals surface area (Å²) in [5.41, 5.74) is 12.5. The number of nitrogens with zero attached hydrogens (tertiary/aromatic N) is 2. The number of rotatable bonds is 30. The second-order valence-corrected chi connectivity index (χ2v) is 19.1. The fourth-order valence-corrected chi connectivity index (χ4v) is 8.82. The van der Waals surface area contributed by atoms with Gasteiger partial charge in [0, 0.05) is 53.2 Å². The molecule has 4 N–H and O–H groups in total. The summed E-state index contributed by atoms with van der Waals surface area (Å²) in [6.45, 7) is 13.7. The van der Waals surface area contributed by atoms with Crippen LogP contribution in [0.15, 0.2) is 118 Å². The van der Waals surface area contributed by atoms with Gasteiger partial charge in [0.25, 0.3) is 0 Å². The van der Waals surface area contributed by atoms with Gasteiger partial charge >= 0.3 is 8.25 Å². The standard InChI is InChI=1S/C56H68N6O5P/c1-41(2)31-47-19-15-43(33-49(47)37-57)11-5-25-61-53-21-17-45(35-51(53)55-13-7-27-64-55)39-59-23-9-29-66-68(63)67-30-10-24-60-40-46-18-22-54(52(36-46)56-14-8-28-65-56)62-26-6-12-44-16-20-48(32-42(3)4)50(34-44)38-58/h7-8,13-22,27-28,33-36,41-42,59-62H,5-6,9-12,23-26,29-32,39-40H2,1-4H3/q+1. The van der Waals surface area contributed by atoms with Crippen molar-refractivity contribution >= 4 is 19.6 Å². The number of nitriles is 2. The highest BCUT2D eigenvalue weighted by Gasteiger charge is 2.19. The molecule has 0 spiro atoms. The van der Waals surface area contributed by atoms with E-state index >= 15 is 0 Å². The van der Waals surface area contributed by atoms with E-state index < -0.39 is 8.25 Å². The predicted octanol–water partition coefficient (Wildman–Crippen LogP) is 12.8. The Kier molecular flexibility index (Phi) is 20.9. The second-order valence-electron chi connectivity index (χ2n) is 18.1. The summed E-state index contributed by atoms with van der Waals surface area (Å²) in [5.74, 6) is 2.63. The smallest absolute Gasteiger partial charge is 0.464 e. The zero-order chi connectivity index (χ0) is 47.9. The number of hydrogen-bond acceptors (Lipinski definition) is 11. The molecule has 12 heteroatoms. The van der Waals surface area contributed by atoms with Gasteiger partial charge < -0.3 is 30.1 Å². The summed E-state index contributed by atoms with van der Waals surface area (Å²) in [4.78, 5) is 0. The lowest BCUT2D eigenvalue weighted by molar-refractivity contribution is 0.220. The monoisotopic (exact) mass is 935 g/mol. The minimum absolute atomic E-state index is 0.333. The van der Waals surface area contributed by atoms with Gasteiger partial charge in [0.2, 0.25) is 0 Å². The molecule has 0 aliphatic rings. The number of nitrogens with one attached hydrogen (secondary N) is 4. The molecule has 6 rings (SSSR count). The molecular formula is C56H68N6O5P+. The Morgan fingerprint density at radius 3 is 1.40 bits per heavy atom. The largest absolute Gasteiger partial charge is 0.697 e. The zero-order valence-electron chi connectivity index (χ0n) is 40.2. The van der Waals surface area contributed by atoms with Crippen LogP contribution in [0.3, 0.4) is 0 Å². The van der Waals surface area contributed by atoms with Gasteiger partial charge in [0.1, 0.15) is 24.7 Å². The highest BCUT2D eigenvalue weighted by atomic mass is 31.1. The molecule has 2 heterocycles. The molecule has 2 aromatic heterocycles. The van der Waals surface area contributed by atoms with Crippen molar-refractivity contribution in [1.29, 1.82) is 10.5 Å². The van der Waals surface area contributed by atoms with Crippen LogP contribution in [0.25, 0.3) is 22.6 Å². The van der Waals surface area contributed by atoms with Crippen LogP contribution in [0, 0.1) is 34.5 Å². The molecule has 6 aromatic rings. The highest BCUT2D eigenvalue weighted by Crippen LogP contribution is 2.32. The van der Waals surface area contributed by atoms with Gasteiger partial charge in [-0.15, -0.1) is 9.05 Å². The van der Waals surface area contributed by atoms with E-state index in [1.54, 1.807) is 12.5 Å². The lowest BCUT2D eigenvalue weighted by Gasteiger charge is -2.14. The molecular weight excluding hydrogens is 868 g/mol. The third kappa shape index (κ3) is 16.6. The highest BCUT2D eigenvalue weighted by molar-refractivity contribution is 7.33. The van der Waals surface area contributed by atoms with E-state index in [2.05, 4.69) is 122 Å². The van der Waals surface area contributed by atoms with Crippen LogP contribution in [-0.2, 0) is 52.4 Å². The van der Waals surface area contributed by atoms with E-state index in [1.807, 2.05) is 36.4 Å². The number of furan rings is 2. The molecule has 0 unspecified atom stereocenters. The van der Waals surface area contributed by atoms with Crippen molar-refractivity contribution in [1.82, 2.24) is 10.6 Å². The first-order chi connectivity index (χ1) is 33.2. The van der Waals surface area contributed by atoms with Crippen molar-refractivity contribution in [2.24, 2.45) is 11.8 Å². The quantitative estimate of drug-likeness (QED) is 0.0252. The van der Waals surface area contributed by atoms with Crippen LogP contribution in [0.4, 0.5) is 11.4 Å². The molecule has 0 amide bonds. The van der Waals surface area contributed by atoms with Crippen LogP contribution >= 0.6 is 8.25 Å². The number of aryl methyl sites for hydroxylation is 2. The first kappa shape index (κ1) is 51.4. The summed E-state index contributed by atoms with van der Waals surface area (Å²) in [5, 5.41) is 33.5. The molecule has 4 aromatic carbocycles. The van der Waals surface area contributed by atoms with Crippen molar-refractivity contribution in [3.63, 3.8) is 0 Å². The minimum atomic E-state index is -2.19. The van der Waals surface area contributed by atoms with Crippen LogP contribution in [0.1, 0.15) is 97.9 Å². The maximum absolute atomic E-state index is 12.4. The molecule has 0 radical (unpaired) electrons. The van der Waals surface area contributed by atoms with Crippen molar-refractivity contribution < 1.29 is 22.4 Å². The summed E-state index contributed by atoms with van der Waals surface area (Å²) in [6, 6.07) is 37.8. The Bertz CT molecular complexity index is 2380. The van der Waals surface area contributed by atoms with E-state index in [0.717, 1.165) is 119 Å². The Hall–Kier alpha value is -6.04. The van der Waals surface area contributed by atoms with Crippen molar-refractivity contribution in [2.45, 2.75) is 92.2 Å². The molecule has 0 bridgehead atoms. The molecule has 0 aliphatic heterocycles. The van der Waals surface area contributed by atoms with E-state index in [-0.39, 0.29) is 0 Å². The van der Waals surface area contributed by atoms with Gasteiger partial charge in [-0.05, 0) is 170 Å². The van der Waals surface area contributed by atoms with Crippen molar-refractivity contribution in [3.8, 4) is 34.8 Å². The van der Waals surface area contributed by atoms with Crippen LogP contribution < -0.4 is 21.3 Å². The molecule has 356 valence electrons. The normalized spacial score (nSPS) is 11.2. The van der Waals surface area contributed by atoms with Gasteiger partial charge in [-0.1, -0.05) is 64.1 Å². The molecule has 0 saturated heterocycles. The van der Waals surface area contributed by atoms with Gasteiger partial charge in [0.15, 0.2) is 0 Å². The molecule has 0 aliphatic carbocycles. The van der Waals surface area contributed by atoms with Gasteiger partial charge in [0.05, 0.1) is 35.8 Å². The SMILES string of the molecule is CC(C)Cc1ccc(CCCNc2ccc(CNCCCO[P+](=O)OCCCNCc3ccc(NCCCc4ccc(CC(C)C)c(C#N)c4)c(-c4ccco4)c3)cc2-c2ccco2)cc1C#N. The third-order valence-electron chi connectivity index (χ3n) is 11.5.